The molecule has 1 aromatic rings. The largest absolute Gasteiger partial charge is 0.310 e. The molecule has 16 heavy (non-hydrogen) atoms. The molecule has 2 heterocycles. The summed E-state index contributed by atoms with van der Waals surface area (Å²) in [5.41, 5.74) is -0.635. The number of hydrogen-bond acceptors (Lipinski definition) is 4. The van der Waals surface area contributed by atoms with Crippen molar-refractivity contribution in [3.05, 3.63) is 27.4 Å². The molecule has 1 fully saturated rings. The molecule has 0 radical (unpaired) electrons. The number of carbonyl (C=O) groups is 2. The molecular weight excluding hydrogens is 210 g/mol. The highest BCUT2D eigenvalue weighted by atomic mass is 16.2. The van der Waals surface area contributed by atoms with Crippen LogP contribution in [-0.2, 0) is 0 Å². The van der Waals surface area contributed by atoms with Gasteiger partial charge in [0.05, 0.1) is 0 Å². The molecule has 0 unspecified atom stereocenters. The molecule has 1 aliphatic heterocycles. The van der Waals surface area contributed by atoms with Crippen molar-refractivity contribution in [3.8, 4) is 0 Å². The van der Waals surface area contributed by atoms with Gasteiger partial charge in [-0.3, -0.25) is 19.3 Å². The minimum Gasteiger partial charge on any atom is -0.310 e. The average molecular weight is 219 g/mol. The molecule has 0 saturated heterocycles. The number of imide groups is 1. The molecule has 0 bridgehead atoms. The van der Waals surface area contributed by atoms with Crippen LogP contribution in [0, 0.1) is 6.92 Å². The molecule has 0 aromatic carbocycles. The van der Waals surface area contributed by atoms with Gasteiger partial charge < -0.3 is 4.98 Å². The van der Waals surface area contributed by atoms with E-state index in [0.29, 0.717) is 5.82 Å². The zero-order chi connectivity index (χ0) is 11.4. The lowest BCUT2D eigenvalue weighted by atomic mass is 10.2. The molecule has 0 atom stereocenters. The van der Waals surface area contributed by atoms with E-state index in [-0.39, 0.29) is 17.3 Å². The van der Waals surface area contributed by atoms with Gasteiger partial charge >= 0.3 is 0 Å². The monoisotopic (exact) mass is 219 g/mol. The Morgan fingerprint density at radius 1 is 1.25 bits per heavy atom. The van der Waals surface area contributed by atoms with Crippen molar-refractivity contribution in [1.29, 1.82) is 0 Å². The Morgan fingerprint density at radius 2 is 1.94 bits per heavy atom. The van der Waals surface area contributed by atoms with Crippen LogP contribution in [0.5, 0.6) is 0 Å². The molecule has 1 aromatic heterocycles. The number of rotatable bonds is 1. The van der Waals surface area contributed by atoms with Crippen LogP contribution in [0.4, 0.5) is 0 Å². The molecule has 2 amide bonds. The van der Waals surface area contributed by atoms with Gasteiger partial charge in [-0.2, -0.15) is 0 Å². The number of fused-ring (bicyclic) bond motifs is 1. The molecule has 3 rings (SSSR count). The van der Waals surface area contributed by atoms with Crippen molar-refractivity contribution in [3.63, 3.8) is 0 Å². The standard InChI is InChI=1S/C10H9N3O3/c1-4-11-7-6(8(14)12-4)9(15)13(10(7)16)5-2-3-5/h5H,2-3H2,1H3,(H,11,12,14). The second-order valence-corrected chi connectivity index (χ2v) is 4.09. The van der Waals surface area contributed by atoms with E-state index in [9.17, 15) is 14.4 Å². The Labute approximate surface area is 90.3 Å². The highest BCUT2D eigenvalue weighted by Crippen LogP contribution is 2.32. The van der Waals surface area contributed by atoms with Gasteiger partial charge in [0.25, 0.3) is 17.4 Å². The smallest absolute Gasteiger partial charge is 0.280 e. The van der Waals surface area contributed by atoms with Crippen LogP contribution in [0.2, 0.25) is 0 Å². The van der Waals surface area contributed by atoms with E-state index in [1.54, 1.807) is 6.92 Å². The summed E-state index contributed by atoms with van der Waals surface area (Å²) in [4.78, 5) is 42.9. The Kier molecular flexibility index (Phi) is 1.61. The second-order valence-electron chi connectivity index (χ2n) is 4.09. The third-order valence-corrected chi connectivity index (χ3v) is 2.80. The van der Waals surface area contributed by atoms with Crippen molar-refractivity contribution in [2.75, 3.05) is 0 Å². The predicted molar refractivity (Wildman–Crippen MR) is 53.1 cm³/mol. The average Bonchev–Trinajstić information content (AvgIpc) is 2.97. The van der Waals surface area contributed by atoms with Crippen LogP contribution in [0.15, 0.2) is 4.79 Å². The Morgan fingerprint density at radius 3 is 2.56 bits per heavy atom. The van der Waals surface area contributed by atoms with Crippen LogP contribution in [0.25, 0.3) is 0 Å². The van der Waals surface area contributed by atoms with E-state index in [0.717, 1.165) is 17.7 Å². The fourth-order valence-corrected chi connectivity index (χ4v) is 1.93. The number of carbonyl (C=O) groups excluding carboxylic acids is 2. The van der Waals surface area contributed by atoms with Gasteiger partial charge in [0, 0.05) is 6.04 Å². The zero-order valence-electron chi connectivity index (χ0n) is 8.61. The molecule has 0 spiro atoms. The van der Waals surface area contributed by atoms with Crippen LogP contribution in [0.1, 0.15) is 39.5 Å². The van der Waals surface area contributed by atoms with Crippen molar-refractivity contribution in [1.82, 2.24) is 14.9 Å². The topological polar surface area (TPSA) is 83.1 Å². The maximum absolute atomic E-state index is 11.9. The first-order valence-corrected chi connectivity index (χ1v) is 5.08. The molecule has 6 nitrogen and oxygen atoms in total. The Bertz CT molecular complexity index is 571. The van der Waals surface area contributed by atoms with E-state index in [2.05, 4.69) is 9.97 Å². The van der Waals surface area contributed by atoms with Crippen LogP contribution < -0.4 is 5.56 Å². The maximum Gasteiger partial charge on any atom is 0.280 e. The van der Waals surface area contributed by atoms with Gasteiger partial charge in [0.15, 0.2) is 0 Å². The molecule has 2 aliphatic rings. The normalized spacial score (nSPS) is 19.2. The first-order chi connectivity index (χ1) is 7.59. The number of nitrogens with one attached hydrogen (secondary N) is 1. The van der Waals surface area contributed by atoms with Crippen LogP contribution >= 0.6 is 0 Å². The van der Waals surface area contributed by atoms with Crippen molar-refractivity contribution >= 4 is 11.8 Å². The number of amides is 2. The third-order valence-electron chi connectivity index (χ3n) is 2.80. The van der Waals surface area contributed by atoms with Gasteiger partial charge in [-0.25, -0.2) is 4.98 Å². The fourth-order valence-electron chi connectivity index (χ4n) is 1.93. The maximum atomic E-state index is 11.9. The van der Waals surface area contributed by atoms with E-state index in [1.807, 2.05) is 0 Å². The number of H-pyrrole nitrogens is 1. The van der Waals surface area contributed by atoms with Gasteiger partial charge in [-0.05, 0) is 19.8 Å². The summed E-state index contributed by atoms with van der Waals surface area (Å²) < 4.78 is 0. The summed E-state index contributed by atoms with van der Waals surface area (Å²) in [6.45, 7) is 1.58. The molecule has 82 valence electrons. The van der Waals surface area contributed by atoms with E-state index < -0.39 is 17.4 Å². The van der Waals surface area contributed by atoms with Crippen LogP contribution in [0.3, 0.4) is 0 Å². The second kappa shape index (κ2) is 2.78. The van der Waals surface area contributed by atoms with E-state index >= 15 is 0 Å². The van der Waals surface area contributed by atoms with Gasteiger partial charge in [0.2, 0.25) is 0 Å². The minimum atomic E-state index is -0.524. The SMILES string of the molecule is Cc1nc2c(c(=O)[nH]1)C(=O)N(C1CC1)C2=O. The third kappa shape index (κ3) is 1.07. The van der Waals surface area contributed by atoms with Crippen LogP contribution in [-0.4, -0.2) is 32.7 Å². The number of aromatic amines is 1. The minimum absolute atomic E-state index is 0.00171. The fraction of sp³-hybridized carbons (Fsp3) is 0.400. The lowest BCUT2D eigenvalue weighted by molar-refractivity contribution is 0.0640. The molecule has 1 N–H and O–H groups in total. The van der Waals surface area contributed by atoms with Gasteiger partial charge in [-0.1, -0.05) is 0 Å². The van der Waals surface area contributed by atoms with Gasteiger partial charge in [0.1, 0.15) is 17.1 Å². The van der Waals surface area contributed by atoms with Gasteiger partial charge in [-0.15, -0.1) is 0 Å². The summed E-state index contributed by atoms with van der Waals surface area (Å²) >= 11 is 0. The summed E-state index contributed by atoms with van der Waals surface area (Å²) in [5, 5.41) is 0. The summed E-state index contributed by atoms with van der Waals surface area (Å²) in [6.07, 6.45) is 1.64. The Hall–Kier alpha value is -1.98. The Balaban J connectivity index is 2.22. The zero-order valence-corrected chi connectivity index (χ0v) is 8.61. The first-order valence-electron chi connectivity index (χ1n) is 5.08. The summed E-state index contributed by atoms with van der Waals surface area (Å²) in [7, 11) is 0. The summed E-state index contributed by atoms with van der Waals surface area (Å²) in [5.74, 6) is -0.588. The molecule has 1 aliphatic carbocycles. The number of nitrogens with zero attached hydrogens (tertiary/aromatic N) is 2. The predicted octanol–water partition coefficient (Wildman–Crippen LogP) is -0.163. The van der Waals surface area contributed by atoms with Crippen molar-refractivity contribution in [2.24, 2.45) is 0 Å². The lowest BCUT2D eigenvalue weighted by Gasteiger charge is -2.10. The highest BCUT2D eigenvalue weighted by Gasteiger charge is 2.46. The first kappa shape index (κ1) is 9.26. The highest BCUT2D eigenvalue weighted by molar-refractivity contribution is 6.20. The quantitative estimate of drug-likeness (QED) is 0.665. The number of aromatic nitrogens is 2. The van der Waals surface area contributed by atoms with Crippen molar-refractivity contribution < 1.29 is 9.59 Å². The number of hydrogen-bond donors (Lipinski definition) is 1. The summed E-state index contributed by atoms with van der Waals surface area (Å²) in [6, 6.07) is -0.0334. The van der Waals surface area contributed by atoms with Crippen molar-refractivity contribution in [2.45, 2.75) is 25.8 Å². The molecule has 6 heteroatoms. The molecular formula is C10H9N3O3. The lowest BCUT2D eigenvalue weighted by Crippen LogP contribution is -2.32. The van der Waals surface area contributed by atoms with E-state index in [4.69, 9.17) is 0 Å². The van der Waals surface area contributed by atoms with E-state index in [1.165, 1.54) is 0 Å². The number of aryl methyl sites for hydroxylation is 1. The molecule has 1 saturated carbocycles.